The molecule has 3 aromatic rings. The number of hydrogen-bond acceptors (Lipinski definition) is 8. The Bertz CT molecular complexity index is 1030. The van der Waals surface area contributed by atoms with Crippen LogP contribution in [-0.2, 0) is 4.74 Å². The summed E-state index contributed by atoms with van der Waals surface area (Å²) >= 11 is 2.74. The quantitative estimate of drug-likeness (QED) is 0.623. The van der Waals surface area contributed by atoms with Gasteiger partial charge in [0.25, 0.3) is 0 Å². The minimum atomic E-state index is -0.594. The standard InChI is InChI=1S/C19H18N2O4S2/c1-4-24-19(23)16-11(3)21-18(27-16)15-7-12-5-14(25-9-10(2)22)6-13(8-20)17(12)26-15/h5-7,10,22H,4,9H2,1-3H3. The maximum Gasteiger partial charge on any atom is 0.350 e. The van der Waals surface area contributed by atoms with E-state index in [1.54, 1.807) is 26.8 Å². The van der Waals surface area contributed by atoms with Crippen molar-refractivity contribution in [3.05, 3.63) is 34.3 Å². The first kappa shape index (κ1) is 19.3. The fraction of sp³-hybridized carbons (Fsp3) is 0.316. The highest BCUT2D eigenvalue weighted by molar-refractivity contribution is 7.26. The molecule has 0 saturated heterocycles. The van der Waals surface area contributed by atoms with Crippen molar-refractivity contribution in [1.29, 1.82) is 5.26 Å². The van der Waals surface area contributed by atoms with Gasteiger partial charge >= 0.3 is 5.97 Å². The smallest absolute Gasteiger partial charge is 0.350 e. The first-order valence-corrected chi connectivity index (χ1v) is 9.99. The maximum atomic E-state index is 12.0. The summed E-state index contributed by atoms with van der Waals surface area (Å²) in [4.78, 5) is 17.9. The van der Waals surface area contributed by atoms with Crippen molar-refractivity contribution >= 4 is 38.7 Å². The van der Waals surface area contributed by atoms with Crippen LogP contribution in [0.2, 0.25) is 0 Å². The van der Waals surface area contributed by atoms with Crippen molar-refractivity contribution in [2.24, 2.45) is 0 Å². The van der Waals surface area contributed by atoms with E-state index < -0.39 is 6.10 Å². The van der Waals surface area contributed by atoms with Gasteiger partial charge in [-0.1, -0.05) is 0 Å². The van der Waals surface area contributed by atoms with E-state index in [-0.39, 0.29) is 12.6 Å². The third-order valence-electron chi connectivity index (χ3n) is 3.67. The lowest BCUT2D eigenvalue weighted by molar-refractivity contribution is 0.0531. The van der Waals surface area contributed by atoms with Gasteiger partial charge < -0.3 is 14.6 Å². The van der Waals surface area contributed by atoms with Crippen molar-refractivity contribution < 1.29 is 19.4 Å². The van der Waals surface area contributed by atoms with E-state index >= 15 is 0 Å². The Hall–Kier alpha value is -2.47. The molecule has 2 heterocycles. The lowest BCUT2D eigenvalue weighted by Crippen LogP contribution is -2.12. The highest BCUT2D eigenvalue weighted by Gasteiger charge is 2.19. The second kappa shape index (κ2) is 8.05. The Morgan fingerprint density at radius 1 is 1.37 bits per heavy atom. The zero-order valence-electron chi connectivity index (χ0n) is 15.1. The minimum absolute atomic E-state index is 0.155. The molecule has 0 fully saturated rings. The number of thiazole rings is 1. The van der Waals surface area contributed by atoms with Gasteiger partial charge in [-0.05, 0) is 44.4 Å². The SMILES string of the molecule is CCOC(=O)c1sc(-c2cc3cc(OCC(C)O)cc(C#N)c3s2)nc1C. The Balaban J connectivity index is 2.00. The molecule has 0 spiro atoms. The summed E-state index contributed by atoms with van der Waals surface area (Å²) < 4.78 is 11.4. The van der Waals surface area contributed by atoms with Crippen LogP contribution in [0.15, 0.2) is 18.2 Å². The van der Waals surface area contributed by atoms with Crippen molar-refractivity contribution in [1.82, 2.24) is 4.98 Å². The summed E-state index contributed by atoms with van der Waals surface area (Å²) in [5, 5.41) is 20.4. The van der Waals surface area contributed by atoms with E-state index in [0.717, 1.165) is 15.0 Å². The molecule has 6 nitrogen and oxygen atoms in total. The first-order valence-electron chi connectivity index (χ1n) is 8.36. The molecule has 3 rings (SSSR count). The molecule has 8 heteroatoms. The van der Waals surface area contributed by atoms with Crippen LogP contribution in [0.1, 0.15) is 34.8 Å². The third-order valence-corrected chi connectivity index (χ3v) is 6.16. The number of fused-ring (bicyclic) bond motifs is 1. The van der Waals surface area contributed by atoms with Gasteiger partial charge in [-0.3, -0.25) is 0 Å². The average Bonchev–Trinajstić information content (AvgIpc) is 3.22. The first-order chi connectivity index (χ1) is 12.9. The van der Waals surface area contributed by atoms with Gasteiger partial charge in [0.15, 0.2) is 0 Å². The van der Waals surface area contributed by atoms with Crippen molar-refractivity contribution in [2.45, 2.75) is 26.9 Å². The van der Waals surface area contributed by atoms with Crippen LogP contribution in [0.25, 0.3) is 20.0 Å². The van der Waals surface area contributed by atoms with E-state index in [2.05, 4.69) is 11.1 Å². The van der Waals surface area contributed by atoms with Gasteiger partial charge in [-0.2, -0.15) is 5.26 Å². The Morgan fingerprint density at radius 3 is 2.81 bits per heavy atom. The molecule has 0 radical (unpaired) electrons. The molecule has 0 amide bonds. The minimum Gasteiger partial charge on any atom is -0.491 e. The van der Waals surface area contributed by atoms with Crippen LogP contribution in [0.5, 0.6) is 5.75 Å². The number of thiophene rings is 1. The predicted molar refractivity (Wildman–Crippen MR) is 106 cm³/mol. The predicted octanol–water partition coefficient (Wildman–Crippen LogP) is 4.14. The summed E-state index contributed by atoms with van der Waals surface area (Å²) in [6.45, 7) is 5.65. The summed E-state index contributed by atoms with van der Waals surface area (Å²) in [7, 11) is 0. The van der Waals surface area contributed by atoms with Crippen LogP contribution in [0.3, 0.4) is 0 Å². The zero-order valence-corrected chi connectivity index (χ0v) is 16.7. The van der Waals surface area contributed by atoms with Crippen molar-refractivity contribution in [2.75, 3.05) is 13.2 Å². The van der Waals surface area contributed by atoms with E-state index in [1.807, 2.05) is 12.1 Å². The van der Waals surface area contributed by atoms with E-state index in [0.29, 0.717) is 33.5 Å². The van der Waals surface area contributed by atoms with Gasteiger partial charge in [0.1, 0.15) is 28.3 Å². The van der Waals surface area contributed by atoms with E-state index in [4.69, 9.17) is 9.47 Å². The number of carbonyl (C=O) groups is 1. The van der Waals surface area contributed by atoms with E-state index in [1.165, 1.54) is 22.7 Å². The van der Waals surface area contributed by atoms with Crippen LogP contribution < -0.4 is 4.74 Å². The Morgan fingerprint density at radius 2 is 2.15 bits per heavy atom. The zero-order chi connectivity index (χ0) is 19.6. The van der Waals surface area contributed by atoms with Crippen LogP contribution in [-0.4, -0.2) is 35.4 Å². The Labute approximate surface area is 164 Å². The van der Waals surface area contributed by atoms with Gasteiger partial charge in [-0.25, -0.2) is 9.78 Å². The number of aromatic nitrogens is 1. The second-order valence-corrected chi connectivity index (χ2v) is 7.98. The van der Waals surface area contributed by atoms with Gasteiger partial charge in [0.05, 0.1) is 33.5 Å². The van der Waals surface area contributed by atoms with Gasteiger partial charge in [0.2, 0.25) is 0 Å². The normalized spacial score (nSPS) is 12.0. The number of nitriles is 1. The van der Waals surface area contributed by atoms with Crippen LogP contribution >= 0.6 is 22.7 Å². The molecular formula is C19H18N2O4S2. The van der Waals surface area contributed by atoms with Crippen molar-refractivity contribution in [3.8, 4) is 21.7 Å². The molecule has 1 aromatic carbocycles. The largest absolute Gasteiger partial charge is 0.491 e. The fourth-order valence-electron chi connectivity index (χ4n) is 2.50. The lowest BCUT2D eigenvalue weighted by Gasteiger charge is -2.08. The number of ether oxygens (including phenoxy) is 2. The number of aryl methyl sites for hydroxylation is 1. The molecule has 140 valence electrons. The van der Waals surface area contributed by atoms with Crippen LogP contribution in [0, 0.1) is 18.3 Å². The van der Waals surface area contributed by atoms with E-state index in [9.17, 15) is 15.2 Å². The molecule has 2 aromatic heterocycles. The van der Waals surface area contributed by atoms with Crippen molar-refractivity contribution in [3.63, 3.8) is 0 Å². The van der Waals surface area contributed by atoms with Gasteiger partial charge in [0, 0.05) is 0 Å². The Kier molecular flexibility index (Phi) is 5.75. The third kappa shape index (κ3) is 4.11. The molecule has 0 aliphatic rings. The molecule has 1 N–H and O–H groups in total. The van der Waals surface area contributed by atoms with Crippen LogP contribution in [0.4, 0.5) is 0 Å². The molecule has 0 bridgehead atoms. The average molecular weight is 402 g/mol. The molecule has 0 saturated carbocycles. The summed E-state index contributed by atoms with van der Waals surface area (Å²) in [5.74, 6) is 0.165. The molecule has 27 heavy (non-hydrogen) atoms. The maximum absolute atomic E-state index is 12.0. The molecular weight excluding hydrogens is 384 g/mol. The topological polar surface area (TPSA) is 92.4 Å². The molecule has 0 aliphatic carbocycles. The number of aliphatic hydroxyl groups excluding tert-OH is 1. The summed E-state index contributed by atoms with van der Waals surface area (Å²) in [6, 6.07) is 7.63. The number of benzene rings is 1. The number of hydrogen-bond donors (Lipinski definition) is 1. The highest BCUT2D eigenvalue weighted by Crippen LogP contribution is 2.39. The molecule has 1 unspecified atom stereocenters. The highest BCUT2D eigenvalue weighted by atomic mass is 32.1. The summed E-state index contributed by atoms with van der Waals surface area (Å²) in [5.41, 5.74) is 1.13. The lowest BCUT2D eigenvalue weighted by atomic mass is 10.1. The number of aliphatic hydroxyl groups is 1. The number of esters is 1. The fourth-order valence-corrected chi connectivity index (χ4v) is 4.61. The monoisotopic (exact) mass is 402 g/mol. The van der Waals surface area contributed by atoms with Gasteiger partial charge in [-0.15, -0.1) is 22.7 Å². The second-order valence-electron chi connectivity index (χ2n) is 5.93. The summed E-state index contributed by atoms with van der Waals surface area (Å²) in [6.07, 6.45) is -0.594. The number of nitrogens with zero attached hydrogens (tertiary/aromatic N) is 2. The molecule has 0 aliphatic heterocycles. The molecule has 1 atom stereocenters. The number of rotatable bonds is 6. The number of carbonyl (C=O) groups excluding carboxylic acids is 1.